The topological polar surface area (TPSA) is 75.5 Å². The molecule has 0 aromatic heterocycles. The number of rotatable bonds is 5. The molecule has 2 rings (SSSR count). The zero-order valence-corrected chi connectivity index (χ0v) is 12.8. The summed E-state index contributed by atoms with van der Waals surface area (Å²) in [6.45, 7) is 6.52. The van der Waals surface area contributed by atoms with Crippen LogP contribution in [0.15, 0.2) is 18.2 Å². The smallest absolute Gasteiger partial charge is 0.305 e. The fourth-order valence-corrected chi connectivity index (χ4v) is 2.78. The molecule has 0 spiro atoms. The number of hydrogen-bond donors (Lipinski definition) is 1. The number of nitrogens with one attached hydrogen (secondary N) is 1. The average Bonchev–Trinajstić information content (AvgIpc) is 2.78. The molecule has 0 aliphatic carbocycles. The van der Waals surface area contributed by atoms with Gasteiger partial charge >= 0.3 is 5.69 Å². The molecule has 1 aromatic rings. The summed E-state index contributed by atoms with van der Waals surface area (Å²) < 4.78 is 13.2. The van der Waals surface area contributed by atoms with Crippen LogP contribution in [0.4, 0.5) is 10.1 Å². The normalized spacial score (nSPS) is 17.4. The van der Waals surface area contributed by atoms with Gasteiger partial charge in [-0.15, -0.1) is 0 Å². The van der Waals surface area contributed by atoms with Gasteiger partial charge in [0, 0.05) is 30.3 Å². The van der Waals surface area contributed by atoms with Crippen LogP contribution in [0.1, 0.15) is 37.0 Å². The van der Waals surface area contributed by atoms with E-state index in [2.05, 4.69) is 24.1 Å². The average molecular weight is 309 g/mol. The van der Waals surface area contributed by atoms with Crippen molar-refractivity contribution >= 4 is 11.6 Å². The van der Waals surface area contributed by atoms with Crippen LogP contribution in [-0.4, -0.2) is 40.9 Å². The Morgan fingerprint density at radius 2 is 2.23 bits per heavy atom. The van der Waals surface area contributed by atoms with Gasteiger partial charge in [0.2, 0.25) is 5.82 Å². The van der Waals surface area contributed by atoms with E-state index >= 15 is 0 Å². The summed E-state index contributed by atoms with van der Waals surface area (Å²) in [5, 5.41) is 13.4. The maximum Gasteiger partial charge on any atom is 0.305 e. The predicted octanol–water partition coefficient (Wildman–Crippen LogP) is 2.34. The van der Waals surface area contributed by atoms with Crippen molar-refractivity contribution in [3.05, 3.63) is 39.7 Å². The van der Waals surface area contributed by atoms with Crippen molar-refractivity contribution in [2.45, 2.75) is 32.2 Å². The molecule has 1 amide bonds. The van der Waals surface area contributed by atoms with Gasteiger partial charge in [0.25, 0.3) is 5.91 Å². The molecule has 0 atom stereocenters. The Labute approximate surface area is 128 Å². The minimum absolute atomic E-state index is 0.0915. The second kappa shape index (κ2) is 6.39. The van der Waals surface area contributed by atoms with E-state index in [1.165, 1.54) is 6.07 Å². The van der Waals surface area contributed by atoms with Crippen LogP contribution in [0, 0.1) is 15.9 Å². The van der Waals surface area contributed by atoms with E-state index in [9.17, 15) is 19.3 Å². The number of likely N-dealkylation sites (tertiary alicyclic amines) is 1. The first-order valence-electron chi connectivity index (χ1n) is 7.28. The number of halogens is 1. The molecule has 0 radical (unpaired) electrons. The van der Waals surface area contributed by atoms with Crippen molar-refractivity contribution in [2.24, 2.45) is 0 Å². The fraction of sp³-hybridized carbons (Fsp3) is 0.533. The van der Waals surface area contributed by atoms with Gasteiger partial charge in [0.15, 0.2) is 0 Å². The van der Waals surface area contributed by atoms with Crippen molar-refractivity contribution in [3.8, 4) is 0 Å². The van der Waals surface area contributed by atoms with Crippen LogP contribution in [-0.2, 0) is 0 Å². The van der Waals surface area contributed by atoms with E-state index in [-0.39, 0.29) is 11.1 Å². The predicted molar refractivity (Wildman–Crippen MR) is 80.3 cm³/mol. The van der Waals surface area contributed by atoms with E-state index in [0.717, 1.165) is 38.1 Å². The van der Waals surface area contributed by atoms with Gasteiger partial charge in [-0.2, -0.15) is 4.39 Å². The van der Waals surface area contributed by atoms with Crippen LogP contribution in [0.25, 0.3) is 0 Å². The number of nitro benzene ring substituents is 1. The Kier molecular flexibility index (Phi) is 4.75. The Morgan fingerprint density at radius 3 is 2.82 bits per heavy atom. The van der Waals surface area contributed by atoms with Crippen LogP contribution < -0.4 is 5.32 Å². The molecule has 0 bridgehead atoms. The number of carbonyl (C=O) groups excluding carboxylic acids is 1. The lowest BCUT2D eigenvalue weighted by Crippen LogP contribution is -2.43. The van der Waals surface area contributed by atoms with Crippen molar-refractivity contribution in [2.75, 3.05) is 19.6 Å². The lowest BCUT2D eigenvalue weighted by molar-refractivity contribution is -0.387. The quantitative estimate of drug-likeness (QED) is 0.669. The van der Waals surface area contributed by atoms with Crippen molar-refractivity contribution < 1.29 is 14.1 Å². The molecule has 1 aromatic carbocycles. The second-order valence-corrected chi connectivity index (χ2v) is 6.08. The zero-order valence-electron chi connectivity index (χ0n) is 12.8. The first-order valence-corrected chi connectivity index (χ1v) is 7.28. The van der Waals surface area contributed by atoms with E-state index < -0.39 is 22.3 Å². The minimum atomic E-state index is -0.944. The molecular weight excluding hydrogens is 289 g/mol. The van der Waals surface area contributed by atoms with Crippen LogP contribution in [0.3, 0.4) is 0 Å². The first kappa shape index (κ1) is 16.4. The summed E-state index contributed by atoms with van der Waals surface area (Å²) in [4.78, 5) is 24.1. The highest BCUT2D eigenvalue weighted by Crippen LogP contribution is 2.27. The number of benzene rings is 1. The molecule has 1 aliphatic heterocycles. The summed E-state index contributed by atoms with van der Waals surface area (Å²) in [7, 11) is 0. The first-order chi connectivity index (χ1) is 10.3. The second-order valence-electron chi connectivity index (χ2n) is 6.08. The van der Waals surface area contributed by atoms with E-state index in [4.69, 9.17) is 0 Å². The van der Waals surface area contributed by atoms with Gasteiger partial charge in [0.05, 0.1) is 4.92 Å². The molecule has 0 unspecified atom stereocenters. The molecule has 22 heavy (non-hydrogen) atoms. The molecule has 0 saturated carbocycles. The number of nitrogens with zero attached hydrogens (tertiary/aromatic N) is 2. The van der Waals surface area contributed by atoms with Crippen LogP contribution in [0.5, 0.6) is 0 Å². The van der Waals surface area contributed by atoms with Gasteiger partial charge in [-0.05, 0) is 45.4 Å². The maximum absolute atomic E-state index is 13.2. The third-order valence-electron chi connectivity index (χ3n) is 4.14. The SMILES string of the molecule is CC1(C)CCCN1CCNC(=O)c1ccc(F)c([N+](=O)[O-])c1. The van der Waals surface area contributed by atoms with Crippen molar-refractivity contribution in [1.82, 2.24) is 10.2 Å². The highest BCUT2D eigenvalue weighted by atomic mass is 19.1. The molecule has 1 aliphatic rings. The third-order valence-corrected chi connectivity index (χ3v) is 4.14. The van der Waals surface area contributed by atoms with Crippen molar-refractivity contribution in [3.63, 3.8) is 0 Å². The highest BCUT2D eigenvalue weighted by Gasteiger charge is 2.31. The summed E-state index contributed by atoms with van der Waals surface area (Å²) >= 11 is 0. The van der Waals surface area contributed by atoms with E-state index in [1.807, 2.05) is 0 Å². The van der Waals surface area contributed by atoms with Gasteiger partial charge in [-0.3, -0.25) is 19.8 Å². The molecule has 120 valence electrons. The lowest BCUT2D eigenvalue weighted by Gasteiger charge is -2.31. The van der Waals surface area contributed by atoms with Gasteiger partial charge in [-0.25, -0.2) is 0 Å². The molecule has 1 N–H and O–H groups in total. The summed E-state index contributed by atoms with van der Waals surface area (Å²) in [6, 6.07) is 3.15. The molecule has 1 saturated heterocycles. The molecule has 6 nitrogen and oxygen atoms in total. The Balaban J connectivity index is 1.93. The van der Waals surface area contributed by atoms with Gasteiger partial charge in [-0.1, -0.05) is 0 Å². The number of nitro groups is 1. The standard InChI is InChI=1S/C15H20FN3O3/c1-15(2)6-3-8-18(15)9-7-17-14(20)11-4-5-12(16)13(10-11)19(21)22/h4-5,10H,3,6-9H2,1-2H3,(H,17,20). The van der Waals surface area contributed by atoms with Crippen LogP contribution in [0.2, 0.25) is 0 Å². The monoisotopic (exact) mass is 309 g/mol. The van der Waals surface area contributed by atoms with Crippen molar-refractivity contribution in [1.29, 1.82) is 0 Å². The van der Waals surface area contributed by atoms with E-state index in [0.29, 0.717) is 6.54 Å². The largest absolute Gasteiger partial charge is 0.351 e. The maximum atomic E-state index is 13.2. The van der Waals surface area contributed by atoms with Gasteiger partial charge in [0.1, 0.15) is 0 Å². The number of hydrogen-bond acceptors (Lipinski definition) is 4. The Bertz CT molecular complexity index is 589. The molecule has 1 heterocycles. The number of amides is 1. The molecule has 7 heteroatoms. The Hall–Kier alpha value is -2.02. The van der Waals surface area contributed by atoms with Crippen LogP contribution >= 0.6 is 0 Å². The summed E-state index contributed by atoms with van der Waals surface area (Å²) in [6.07, 6.45) is 2.27. The summed E-state index contributed by atoms with van der Waals surface area (Å²) in [5.74, 6) is -1.37. The summed E-state index contributed by atoms with van der Waals surface area (Å²) in [5.41, 5.74) is -0.457. The van der Waals surface area contributed by atoms with Gasteiger partial charge < -0.3 is 5.32 Å². The fourth-order valence-electron chi connectivity index (χ4n) is 2.78. The highest BCUT2D eigenvalue weighted by molar-refractivity contribution is 5.94. The van der Waals surface area contributed by atoms with E-state index in [1.54, 1.807) is 0 Å². The molecular formula is C15H20FN3O3. The minimum Gasteiger partial charge on any atom is -0.351 e. The number of carbonyl (C=O) groups is 1. The lowest BCUT2D eigenvalue weighted by atomic mass is 10.0. The third kappa shape index (κ3) is 3.59. The molecule has 1 fully saturated rings. The Morgan fingerprint density at radius 1 is 1.50 bits per heavy atom. The zero-order chi connectivity index (χ0) is 16.3.